The summed E-state index contributed by atoms with van der Waals surface area (Å²) in [5.41, 5.74) is 3.40. The van der Waals surface area contributed by atoms with Gasteiger partial charge in [-0.05, 0) is 43.0 Å². The first-order valence-corrected chi connectivity index (χ1v) is 5.40. The molecule has 1 aromatic rings. The zero-order chi connectivity index (χ0) is 12.8. The van der Waals surface area contributed by atoms with Crippen molar-refractivity contribution in [3.05, 3.63) is 28.8 Å². The van der Waals surface area contributed by atoms with Crippen LogP contribution in [-0.4, -0.2) is 19.6 Å². The highest BCUT2D eigenvalue weighted by Gasteiger charge is 2.06. The average molecular weight is 232 g/mol. The second-order valence-electron chi connectivity index (χ2n) is 3.87. The number of carbonyl (C=O) groups excluding carboxylic acids is 1. The van der Waals surface area contributed by atoms with Crippen LogP contribution < -0.4 is 10.1 Å². The Labute approximate surface area is 101 Å². The number of ether oxygens (including phenoxy) is 1. The molecule has 0 aromatic heterocycles. The summed E-state index contributed by atoms with van der Waals surface area (Å²) in [6, 6.07) is 5.55. The Hall–Kier alpha value is -2.02. The van der Waals surface area contributed by atoms with E-state index in [0.29, 0.717) is 13.0 Å². The van der Waals surface area contributed by atoms with E-state index < -0.39 is 5.91 Å². The SMILES string of the molecule is COc1cc(C)c(C)cc1CCNC(=O)C#N. The standard InChI is InChI=1S/C13H16N2O2/c1-9-6-11(4-5-15-13(16)8-14)12(17-3)7-10(9)2/h6-7H,4-5H2,1-3H3,(H,15,16). The lowest BCUT2D eigenvalue weighted by atomic mass is 10.0. The molecule has 4 heteroatoms. The smallest absolute Gasteiger partial charge is 0.322 e. The van der Waals surface area contributed by atoms with Gasteiger partial charge in [0.2, 0.25) is 0 Å². The van der Waals surface area contributed by atoms with E-state index in [2.05, 4.69) is 5.32 Å². The Morgan fingerprint density at radius 3 is 2.65 bits per heavy atom. The highest BCUT2D eigenvalue weighted by Crippen LogP contribution is 2.23. The fourth-order valence-corrected chi connectivity index (χ4v) is 1.59. The molecule has 17 heavy (non-hydrogen) atoms. The van der Waals surface area contributed by atoms with Crippen molar-refractivity contribution in [2.24, 2.45) is 0 Å². The zero-order valence-electron chi connectivity index (χ0n) is 10.3. The third kappa shape index (κ3) is 3.49. The monoisotopic (exact) mass is 232 g/mol. The average Bonchev–Trinajstić information content (AvgIpc) is 2.32. The summed E-state index contributed by atoms with van der Waals surface area (Å²) in [6.45, 7) is 4.50. The van der Waals surface area contributed by atoms with Crippen molar-refractivity contribution in [3.63, 3.8) is 0 Å². The summed E-state index contributed by atoms with van der Waals surface area (Å²) in [7, 11) is 1.63. The van der Waals surface area contributed by atoms with Crippen molar-refractivity contribution < 1.29 is 9.53 Å². The van der Waals surface area contributed by atoms with E-state index in [9.17, 15) is 4.79 Å². The Morgan fingerprint density at radius 1 is 1.41 bits per heavy atom. The minimum atomic E-state index is -0.604. The Balaban J connectivity index is 2.74. The van der Waals surface area contributed by atoms with Gasteiger partial charge in [0.05, 0.1) is 7.11 Å². The Kier molecular flexibility index (Phi) is 4.53. The first kappa shape index (κ1) is 13.0. The van der Waals surface area contributed by atoms with E-state index in [1.54, 1.807) is 7.11 Å². The maximum Gasteiger partial charge on any atom is 0.322 e. The molecule has 0 aliphatic heterocycles. The summed E-state index contributed by atoms with van der Waals surface area (Å²) < 4.78 is 5.29. The largest absolute Gasteiger partial charge is 0.496 e. The van der Waals surface area contributed by atoms with E-state index in [1.165, 1.54) is 17.2 Å². The molecule has 0 fully saturated rings. The molecule has 0 aliphatic carbocycles. The molecule has 0 atom stereocenters. The Morgan fingerprint density at radius 2 is 2.06 bits per heavy atom. The van der Waals surface area contributed by atoms with Crippen LogP contribution in [0, 0.1) is 25.2 Å². The molecule has 0 radical (unpaired) electrons. The molecule has 0 saturated heterocycles. The molecule has 0 saturated carbocycles. The van der Waals surface area contributed by atoms with Crippen LogP contribution in [0.2, 0.25) is 0 Å². The predicted octanol–water partition coefficient (Wildman–Crippen LogP) is 1.49. The topological polar surface area (TPSA) is 62.1 Å². The molecule has 1 amide bonds. The van der Waals surface area contributed by atoms with E-state index >= 15 is 0 Å². The van der Waals surface area contributed by atoms with Crippen LogP contribution in [0.1, 0.15) is 16.7 Å². The number of hydrogen-bond donors (Lipinski definition) is 1. The normalized spacial score (nSPS) is 9.53. The molecule has 90 valence electrons. The summed E-state index contributed by atoms with van der Waals surface area (Å²) in [6.07, 6.45) is 0.651. The second-order valence-corrected chi connectivity index (χ2v) is 3.87. The van der Waals surface area contributed by atoms with Crippen molar-refractivity contribution in [3.8, 4) is 11.8 Å². The third-order valence-corrected chi connectivity index (χ3v) is 2.68. The summed E-state index contributed by atoms with van der Waals surface area (Å²) in [5.74, 6) is 0.215. The van der Waals surface area contributed by atoms with Gasteiger partial charge in [0.1, 0.15) is 5.75 Å². The lowest BCUT2D eigenvalue weighted by Crippen LogP contribution is -2.23. The van der Waals surface area contributed by atoms with E-state index in [1.807, 2.05) is 26.0 Å². The van der Waals surface area contributed by atoms with Gasteiger partial charge in [-0.1, -0.05) is 6.07 Å². The van der Waals surface area contributed by atoms with Gasteiger partial charge in [0.25, 0.3) is 0 Å². The van der Waals surface area contributed by atoms with Crippen LogP contribution >= 0.6 is 0 Å². The van der Waals surface area contributed by atoms with Gasteiger partial charge in [-0.25, -0.2) is 0 Å². The molecule has 0 spiro atoms. The molecular weight excluding hydrogens is 216 g/mol. The van der Waals surface area contributed by atoms with Crippen molar-refractivity contribution in [1.29, 1.82) is 5.26 Å². The highest BCUT2D eigenvalue weighted by molar-refractivity contribution is 5.91. The van der Waals surface area contributed by atoms with Crippen LogP contribution in [0.5, 0.6) is 5.75 Å². The molecule has 1 aromatic carbocycles. The number of methoxy groups -OCH3 is 1. The molecule has 0 aliphatic rings. The number of hydrogen-bond acceptors (Lipinski definition) is 3. The zero-order valence-corrected chi connectivity index (χ0v) is 10.3. The fraction of sp³-hybridized carbons (Fsp3) is 0.385. The van der Waals surface area contributed by atoms with Crippen molar-refractivity contribution >= 4 is 5.91 Å². The van der Waals surface area contributed by atoms with E-state index in [0.717, 1.165) is 11.3 Å². The molecule has 1 rings (SSSR count). The number of nitrogens with one attached hydrogen (secondary N) is 1. The van der Waals surface area contributed by atoms with Crippen molar-refractivity contribution in [1.82, 2.24) is 5.32 Å². The lowest BCUT2D eigenvalue weighted by molar-refractivity contribution is -0.115. The molecule has 1 N–H and O–H groups in total. The van der Waals surface area contributed by atoms with Gasteiger partial charge < -0.3 is 10.1 Å². The summed E-state index contributed by atoms with van der Waals surface area (Å²) >= 11 is 0. The van der Waals surface area contributed by atoms with Gasteiger partial charge in [-0.15, -0.1) is 0 Å². The van der Waals surface area contributed by atoms with Gasteiger partial charge in [0.15, 0.2) is 6.07 Å². The number of amides is 1. The Bertz CT molecular complexity index is 461. The molecule has 4 nitrogen and oxygen atoms in total. The summed E-state index contributed by atoms with van der Waals surface area (Å²) in [4.78, 5) is 10.8. The number of rotatable bonds is 4. The third-order valence-electron chi connectivity index (χ3n) is 2.68. The minimum Gasteiger partial charge on any atom is -0.496 e. The number of benzene rings is 1. The quantitative estimate of drug-likeness (QED) is 0.800. The van der Waals surface area contributed by atoms with Gasteiger partial charge in [-0.3, -0.25) is 4.79 Å². The fourth-order valence-electron chi connectivity index (χ4n) is 1.59. The van der Waals surface area contributed by atoms with Crippen molar-refractivity contribution in [2.45, 2.75) is 20.3 Å². The first-order chi connectivity index (χ1) is 8.08. The van der Waals surface area contributed by atoms with E-state index in [4.69, 9.17) is 10.00 Å². The van der Waals surface area contributed by atoms with Gasteiger partial charge in [0, 0.05) is 6.54 Å². The predicted molar refractivity (Wildman–Crippen MR) is 64.8 cm³/mol. The molecule has 0 bridgehead atoms. The molecule has 0 heterocycles. The maximum atomic E-state index is 10.8. The van der Waals surface area contributed by atoms with Gasteiger partial charge >= 0.3 is 5.91 Å². The van der Waals surface area contributed by atoms with Crippen LogP contribution in [0.15, 0.2) is 12.1 Å². The number of nitriles is 1. The van der Waals surface area contributed by atoms with Gasteiger partial charge in [-0.2, -0.15) is 5.26 Å². The number of nitrogens with zero attached hydrogens (tertiary/aromatic N) is 1. The van der Waals surface area contributed by atoms with Crippen LogP contribution in [0.25, 0.3) is 0 Å². The maximum absolute atomic E-state index is 10.8. The molecular formula is C13H16N2O2. The highest BCUT2D eigenvalue weighted by atomic mass is 16.5. The number of aryl methyl sites for hydroxylation is 2. The second kappa shape index (κ2) is 5.90. The first-order valence-electron chi connectivity index (χ1n) is 5.40. The van der Waals surface area contributed by atoms with Crippen LogP contribution in [0.3, 0.4) is 0 Å². The summed E-state index contributed by atoms with van der Waals surface area (Å²) in [5, 5.41) is 10.8. The number of carbonyl (C=O) groups is 1. The van der Waals surface area contributed by atoms with E-state index in [-0.39, 0.29) is 0 Å². The van der Waals surface area contributed by atoms with Crippen LogP contribution in [-0.2, 0) is 11.2 Å². The van der Waals surface area contributed by atoms with Crippen molar-refractivity contribution in [2.75, 3.05) is 13.7 Å². The van der Waals surface area contributed by atoms with Crippen LogP contribution in [0.4, 0.5) is 0 Å². The minimum absolute atomic E-state index is 0.436. The lowest BCUT2D eigenvalue weighted by Gasteiger charge is -2.11. The molecule has 0 unspecified atom stereocenters.